The highest BCUT2D eigenvalue weighted by Crippen LogP contribution is 2.14. The summed E-state index contributed by atoms with van der Waals surface area (Å²) >= 11 is 0. The van der Waals surface area contributed by atoms with Gasteiger partial charge in [0.2, 0.25) is 0 Å². The minimum absolute atomic E-state index is 0.0786. The van der Waals surface area contributed by atoms with E-state index in [9.17, 15) is 8.42 Å². The molecule has 2 aromatic rings. The lowest BCUT2D eigenvalue weighted by Gasteiger charge is -2.17. The summed E-state index contributed by atoms with van der Waals surface area (Å²) < 4.78 is 25.1. The summed E-state index contributed by atoms with van der Waals surface area (Å²) in [6.45, 7) is 0.577. The van der Waals surface area contributed by atoms with Gasteiger partial charge in [-0.05, 0) is 18.1 Å². The molecule has 3 rings (SSSR count). The predicted octanol–water partition coefficient (Wildman–Crippen LogP) is 0.724. The molecule has 0 aliphatic carbocycles. The van der Waals surface area contributed by atoms with Crippen LogP contribution in [-0.4, -0.2) is 48.5 Å². The Morgan fingerprint density at radius 3 is 2.92 bits per heavy atom. The summed E-state index contributed by atoms with van der Waals surface area (Å²) in [7, 11) is -1.23. The van der Waals surface area contributed by atoms with Crippen molar-refractivity contribution in [2.24, 2.45) is 4.99 Å². The zero-order valence-electron chi connectivity index (χ0n) is 13.5. The predicted molar refractivity (Wildman–Crippen MR) is 94.0 cm³/mol. The summed E-state index contributed by atoms with van der Waals surface area (Å²) in [6, 6.07) is 7.95. The van der Waals surface area contributed by atoms with Crippen molar-refractivity contribution < 1.29 is 8.42 Å². The van der Waals surface area contributed by atoms with Gasteiger partial charge in [0.1, 0.15) is 0 Å². The lowest BCUT2D eigenvalue weighted by molar-refractivity contribution is 0.599. The number of hydrogen-bond donors (Lipinski definition) is 2. The van der Waals surface area contributed by atoms with Gasteiger partial charge in [-0.25, -0.2) is 13.4 Å². The Labute approximate surface area is 141 Å². The van der Waals surface area contributed by atoms with Crippen LogP contribution in [0.5, 0.6) is 0 Å². The first-order valence-electron chi connectivity index (χ1n) is 7.81. The van der Waals surface area contributed by atoms with Crippen molar-refractivity contribution in [3.63, 3.8) is 0 Å². The average Bonchev–Trinajstić information content (AvgIpc) is 3.21. The number of rotatable bonds is 4. The normalized spacial score (nSPS) is 20.0. The van der Waals surface area contributed by atoms with Crippen LogP contribution in [0.4, 0.5) is 0 Å². The largest absolute Gasteiger partial charge is 0.353 e. The molecule has 0 bridgehead atoms. The van der Waals surface area contributed by atoms with Gasteiger partial charge in [-0.15, -0.1) is 0 Å². The second kappa shape index (κ2) is 7.04. The summed E-state index contributed by atoms with van der Waals surface area (Å²) in [5.41, 5.74) is 2.14. The first-order valence-corrected chi connectivity index (χ1v) is 9.63. The van der Waals surface area contributed by atoms with Crippen molar-refractivity contribution in [3.8, 4) is 5.69 Å². The van der Waals surface area contributed by atoms with E-state index in [2.05, 4.69) is 20.6 Å². The van der Waals surface area contributed by atoms with Crippen molar-refractivity contribution >= 4 is 15.8 Å². The van der Waals surface area contributed by atoms with E-state index in [-0.39, 0.29) is 17.5 Å². The molecule has 1 saturated heterocycles. The molecule has 8 heteroatoms. The van der Waals surface area contributed by atoms with Crippen molar-refractivity contribution in [2.75, 3.05) is 18.6 Å². The Bertz CT molecular complexity index is 815. The van der Waals surface area contributed by atoms with Crippen LogP contribution in [0.25, 0.3) is 5.69 Å². The van der Waals surface area contributed by atoms with Gasteiger partial charge >= 0.3 is 0 Å². The lowest BCUT2D eigenvalue weighted by atomic mass is 10.1. The van der Waals surface area contributed by atoms with Crippen LogP contribution in [0.2, 0.25) is 0 Å². The van der Waals surface area contributed by atoms with E-state index in [0.717, 1.165) is 11.3 Å². The van der Waals surface area contributed by atoms with E-state index in [0.29, 0.717) is 18.9 Å². The SMILES string of the molecule is CN=C(NCc1ccccc1-n1ccnc1)NC1CCS(=O)(=O)C1. The second-order valence-electron chi connectivity index (χ2n) is 5.77. The minimum atomic E-state index is -2.91. The zero-order valence-corrected chi connectivity index (χ0v) is 14.3. The number of nitrogens with zero attached hydrogens (tertiary/aromatic N) is 3. The van der Waals surface area contributed by atoms with Gasteiger partial charge in [0, 0.05) is 32.0 Å². The van der Waals surface area contributed by atoms with E-state index in [4.69, 9.17) is 0 Å². The number of sulfone groups is 1. The molecule has 1 aromatic heterocycles. The number of hydrogen-bond acceptors (Lipinski definition) is 4. The molecule has 1 aliphatic heterocycles. The van der Waals surface area contributed by atoms with Gasteiger partial charge in [-0.1, -0.05) is 18.2 Å². The van der Waals surface area contributed by atoms with Gasteiger partial charge in [0.15, 0.2) is 15.8 Å². The van der Waals surface area contributed by atoms with Gasteiger partial charge in [-0.2, -0.15) is 0 Å². The summed E-state index contributed by atoms with van der Waals surface area (Å²) in [6.07, 6.45) is 6.02. The lowest BCUT2D eigenvalue weighted by Crippen LogP contribution is -2.43. The molecular weight excluding hydrogens is 326 g/mol. The summed E-state index contributed by atoms with van der Waals surface area (Å²) in [5, 5.41) is 6.44. The van der Waals surface area contributed by atoms with E-state index >= 15 is 0 Å². The van der Waals surface area contributed by atoms with Crippen LogP contribution < -0.4 is 10.6 Å². The van der Waals surface area contributed by atoms with Crippen molar-refractivity contribution in [1.82, 2.24) is 20.2 Å². The summed E-state index contributed by atoms with van der Waals surface area (Å²) in [5.74, 6) is 1.02. The van der Waals surface area contributed by atoms with Crippen molar-refractivity contribution in [3.05, 3.63) is 48.5 Å². The fourth-order valence-corrected chi connectivity index (χ4v) is 4.46. The minimum Gasteiger partial charge on any atom is -0.353 e. The van der Waals surface area contributed by atoms with Gasteiger partial charge < -0.3 is 15.2 Å². The summed E-state index contributed by atoms with van der Waals surface area (Å²) in [4.78, 5) is 8.27. The molecule has 0 saturated carbocycles. The number of aliphatic imine (C=N–C) groups is 1. The molecule has 24 heavy (non-hydrogen) atoms. The van der Waals surface area contributed by atoms with E-state index in [1.54, 1.807) is 19.6 Å². The maximum Gasteiger partial charge on any atom is 0.191 e. The fraction of sp³-hybridized carbons (Fsp3) is 0.375. The monoisotopic (exact) mass is 347 g/mol. The Morgan fingerprint density at radius 2 is 2.25 bits per heavy atom. The molecule has 0 amide bonds. The molecule has 1 atom stereocenters. The molecule has 0 spiro atoms. The molecule has 7 nitrogen and oxygen atoms in total. The first-order chi connectivity index (χ1) is 11.6. The molecule has 1 unspecified atom stereocenters. The Kier molecular flexibility index (Phi) is 4.84. The number of imidazole rings is 1. The molecule has 1 fully saturated rings. The van der Waals surface area contributed by atoms with Gasteiger partial charge in [0.25, 0.3) is 0 Å². The zero-order chi connectivity index (χ0) is 17.0. The van der Waals surface area contributed by atoms with Gasteiger partial charge in [0.05, 0.1) is 23.5 Å². The molecule has 2 N–H and O–H groups in total. The van der Waals surface area contributed by atoms with E-state index in [1.807, 2.05) is 35.0 Å². The first kappa shape index (κ1) is 16.5. The molecule has 1 aromatic carbocycles. The van der Waals surface area contributed by atoms with Crippen LogP contribution in [0, 0.1) is 0 Å². The standard InChI is InChI=1S/C16H21N5O2S/c1-17-16(20-14-6-9-24(22,23)11-14)19-10-13-4-2-3-5-15(13)21-8-7-18-12-21/h2-5,7-8,12,14H,6,9-11H2,1H3,(H2,17,19,20). The maximum absolute atomic E-state index is 11.6. The Hall–Kier alpha value is -2.35. The molecule has 2 heterocycles. The van der Waals surface area contributed by atoms with Crippen molar-refractivity contribution in [1.29, 1.82) is 0 Å². The number of benzene rings is 1. The van der Waals surface area contributed by atoms with E-state index < -0.39 is 9.84 Å². The Morgan fingerprint density at radius 1 is 1.42 bits per heavy atom. The van der Waals surface area contributed by atoms with Gasteiger partial charge in [-0.3, -0.25) is 4.99 Å². The third-order valence-corrected chi connectivity index (χ3v) is 5.79. The quantitative estimate of drug-likeness (QED) is 0.629. The van der Waals surface area contributed by atoms with E-state index in [1.165, 1.54) is 0 Å². The maximum atomic E-state index is 11.6. The third-order valence-electron chi connectivity index (χ3n) is 4.02. The fourth-order valence-electron chi connectivity index (χ4n) is 2.79. The topological polar surface area (TPSA) is 88.4 Å². The smallest absolute Gasteiger partial charge is 0.191 e. The molecule has 128 valence electrons. The third kappa shape index (κ3) is 3.94. The molecule has 0 radical (unpaired) electrons. The number of nitrogens with one attached hydrogen (secondary N) is 2. The highest BCUT2D eigenvalue weighted by molar-refractivity contribution is 7.91. The average molecular weight is 347 g/mol. The van der Waals surface area contributed by atoms with Crippen LogP contribution in [0.1, 0.15) is 12.0 Å². The van der Waals surface area contributed by atoms with Crippen LogP contribution >= 0.6 is 0 Å². The highest BCUT2D eigenvalue weighted by Gasteiger charge is 2.28. The number of para-hydroxylation sites is 1. The van der Waals surface area contributed by atoms with Crippen LogP contribution in [0.3, 0.4) is 0 Å². The second-order valence-corrected chi connectivity index (χ2v) is 8.00. The Balaban J connectivity index is 1.65. The van der Waals surface area contributed by atoms with Crippen molar-refractivity contribution in [2.45, 2.75) is 19.0 Å². The molecule has 1 aliphatic rings. The van der Waals surface area contributed by atoms with Crippen LogP contribution in [0.15, 0.2) is 48.0 Å². The van der Waals surface area contributed by atoms with Crippen LogP contribution in [-0.2, 0) is 16.4 Å². The molecular formula is C16H21N5O2S. The number of aromatic nitrogens is 2. The highest BCUT2D eigenvalue weighted by atomic mass is 32.2. The number of guanidine groups is 1.